The SMILES string of the molecule is CC(NC1CCCCCCC1)C(C)S(=O)(=O)O. The van der Waals surface area contributed by atoms with Crippen molar-refractivity contribution in [3.05, 3.63) is 0 Å². The third-order valence-corrected chi connectivity index (χ3v) is 5.13. The molecule has 17 heavy (non-hydrogen) atoms. The van der Waals surface area contributed by atoms with E-state index in [0.717, 1.165) is 12.8 Å². The summed E-state index contributed by atoms with van der Waals surface area (Å²) in [5.74, 6) is 0. The van der Waals surface area contributed by atoms with E-state index >= 15 is 0 Å². The summed E-state index contributed by atoms with van der Waals surface area (Å²) in [6.07, 6.45) is 8.53. The first kappa shape index (κ1) is 14.9. The molecule has 0 radical (unpaired) electrons. The molecule has 0 aromatic carbocycles. The lowest BCUT2D eigenvalue weighted by Crippen LogP contribution is -2.45. The topological polar surface area (TPSA) is 66.4 Å². The fourth-order valence-electron chi connectivity index (χ4n) is 2.39. The van der Waals surface area contributed by atoms with Crippen molar-refractivity contribution in [1.82, 2.24) is 5.32 Å². The molecule has 2 N–H and O–H groups in total. The molecule has 1 fully saturated rings. The van der Waals surface area contributed by atoms with Gasteiger partial charge in [0, 0.05) is 12.1 Å². The van der Waals surface area contributed by atoms with Crippen LogP contribution in [0.3, 0.4) is 0 Å². The van der Waals surface area contributed by atoms with E-state index in [1.165, 1.54) is 32.1 Å². The maximum Gasteiger partial charge on any atom is 0.269 e. The fourth-order valence-corrected chi connectivity index (χ4v) is 2.98. The molecule has 0 spiro atoms. The maximum absolute atomic E-state index is 11.1. The average Bonchev–Trinajstić information content (AvgIpc) is 2.19. The predicted molar refractivity (Wildman–Crippen MR) is 69.7 cm³/mol. The van der Waals surface area contributed by atoms with Crippen LogP contribution in [0.5, 0.6) is 0 Å². The molecule has 2 unspecified atom stereocenters. The Hall–Kier alpha value is -0.130. The van der Waals surface area contributed by atoms with Crippen LogP contribution >= 0.6 is 0 Å². The summed E-state index contributed by atoms with van der Waals surface area (Å²) in [5, 5.41) is 2.61. The van der Waals surface area contributed by atoms with Crippen molar-refractivity contribution in [2.75, 3.05) is 0 Å². The highest BCUT2D eigenvalue weighted by Gasteiger charge is 2.26. The Morgan fingerprint density at radius 1 is 1.06 bits per heavy atom. The molecule has 0 bridgehead atoms. The predicted octanol–water partition coefficient (Wildman–Crippen LogP) is 2.35. The zero-order valence-electron chi connectivity index (χ0n) is 10.9. The average molecular weight is 263 g/mol. The molecular weight excluding hydrogens is 238 g/mol. The third-order valence-electron chi connectivity index (χ3n) is 3.78. The molecule has 1 aliphatic carbocycles. The van der Waals surface area contributed by atoms with Crippen molar-refractivity contribution in [3.63, 3.8) is 0 Å². The van der Waals surface area contributed by atoms with E-state index in [-0.39, 0.29) is 6.04 Å². The Balaban J connectivity index is 2.45. The van der Waals surface area contributed by atoms with Gasteiger partial charge in [-0.15, -0.1) is 0 Å². The van der Waals surface area contributed by atoms with Gasteiger partial charge in [0.2, 0.25) is 0 Å². The Labute approximate surface area is 105 Å². The molecule has 0 amide bonds. The summed E-state index contributed by atoms with van der Waals surface area (Å²) in [7, 11) is -3.93. The summed E-state index contributed by atoms with van der Waals surface area (Å²) in [6, 6.07) is 0.198. The normalized spacial score (nSPS) is 23.7. The van der Waals surface area contributed by atoms with Crippen LogP contribution in [0.15, 0.2) is 0 Å². The molecule has 0 aromatic heterocycles. The summed E-state index contributed by atoms with van der Waals surface area (Å²) in [4.78, 5) is 0. The monoisotopic (exact) mass is 263 g/mol. The molecule has 1 saturated carbocycles. The van der Waals surface area contributed by atoms with Gasteiger partial charge in [0.1, 0.15) is 0 Å². The van der Waals surface area contributed by atoms with Gasteiger partial charge >= 0.3 is 0 Å². The van der Waals surface area contributed by atoms with E-state index in [0.29, 0.717) is 6.04 Å². The van der Waals surface area contributed by atoms with Gasteiger partial charge in [0.25, 0.3) is 10.1 Å². The van der Waals surface area contributed by atoms with Crippen LogP contribution in [0, 0.1) is 0 Å². The summed E-state index contributed by atoms with van der Waals surface area (Å²) >= 11 is 0. The van der Waals surface area contributed by atoms with Crippen molar-refractivity contribution in [2.45, 2.75) is 76.1 Å². The van der Waals surface area contributed by atoms with Gasteiger partial charge in [-0.2, -0.15) is 8.42 Å². The molecule has 5 heteroatoms. The fraction of sp³-hybridized carbons (Fsp3) is 1.00. The van der Waals surface area contributed by atoms with Crippen LogP contribution in [0.4, 0.5) is 0 Å². The van der Waals surface area contributed by atoms with Gasteiger partial charge in [-0.25, -0.2) is 0 Å². The van der Waals surface area contributed by atoms with Gasteiger partial charge < -0.3 is 5.32 Å². The Bertz CT molecular complexity index is 308. The highest BCUT2D eigenvalue weighted by molar-refractivity contribution is 7.86. The molecule has 2 atom stereocenters. The van der Waals surface area contributed by atoms with E-state index in [9.17, 15) is 8.42 Å². The van der Waals surface area contributed by atoms with Crippen LogP contribution in [0.1, 0.15) is 58.8 Å². The van der Waals surface area contributed by atoms with Crippen LogP contribution < -0.4 is 5.32 Å². The number of rotatable bonds is 4. The first-order chi connectivity index (χ1) is 7.91. The highest BCUT2D eigenvalue weighted by Crippen LogP contribution is 2.18. The minimum absolute atomic E-state index is 0.200. The maximum atomic E-state index is 11.1. The molecule has 0 saturated heterocycles. The molecular formula is C12H25NO3S. The molecule has 0 aliphatic heterocycles. The Morgan fingerprint density at radius 2 is 1.53 bits per heavy atom. The van der Waals surface area contributed by atoms with E-state index in [1.54, 1.807) is 6.92 Å². The van der Waals surface area contributed by atoms with E-state index in [4.69, 9.17) is 4.55 Å². The zero-order chi connectivity index (χ0) is 12.9. The van der Waals surface area contributed by atoms with Crippen LogP contribution in [0.2, 0.25) is 0 Å². The first-order valence-electron chi connectivity index (χ1n) is 6.63. The quantitative estimate of drug-likeness (QED) is 0.764. The molecule has 4 nitrogen and oxygen atoms in total. The van der Waals surface area contributed by atoms with E-state index < -0.39 is 15.4 Å². The van der Waals surface area contributed by atoms with E-state index in [2.05, 4.69) is 5.32 Å². The smallest absolute Gasteiger partial charge is 0.269 e. The van der Waals surface area contributed by atoms with Crippen molar-refractivity contribution in [1.29, 1.82) is 0 Å². The minimum atomic E-state index is -3.93. The van der Waals surface area contributed by atoms with Crippen molar-refractivity contribution >= 4 is 10.1 Å². The molecule has 102 valence electrons. The van der Waals surface area contributed by atoms with Gasteiger partial charge in [-0.3, -0.25) is 4.55 Å². The minimum Gasteiger partial charge on any atom is -0.310 e. The van der Waals surface area contributed by atoms with Gasteiger partial charge in [0.05, 0.1) is 5.25 Å². The standard InChI is InChI=1S/C12H25NO3S/c1-10(11(2)17(14,15)16)13-12-8-6-4-3-5-7-9-12/h10-13H,3-9H2,1-2H3,(H,14,15,16). The lowest BCUT2D eigenvalue weighted by atomic mass is 9.96. The van der Waals surface area contributed by atoms with Crippen molar-refractivity contribution in [3.8, 4) is 0 Å². The second-order valence-corrected chi connectivity index (χ2v) is 6.99. The third kappa shape index (κ3) is 5.36. The molecule has 1 aliphatic rings. The first-order valence-corrected chi connectivity index (χ1v) is 8.14. The van der Waals surface area contributed by atoms with Crippen LogP contribution in [-0.4, -0.2) is 30.3 Å². The zero-order valence-corrected chi connectivity index (χ0v) is 11.7. The summed E-state index contributed by atoms with van der Waals surface area (Å²) < 4.78 is 31.1. The number of nitrogens with one attached hydrogen (secondary N) is 1. The van der Waals surface area contributed by atoms with Crippen molar-refractivity contribution in [2.24, 2.45) is 0 Å². The van der Waals surface area contributed by atoms with E-state index in [1.807, 2.05) is 6.92 Å². The van der Waals surface area contributed by atoms with Gasteiger partial charge in [0.15, 0.2) is 0 Å². The van der Waals surface area contributed by atoms with Gasteiger partial charge in [-0.05, 0) is 26.7 Å². The number of hydrogen-bond donors (Lipinski definition) is 2. The van der Waals surface area contributed by atoms with Crippen molar-refractivity contribution < 1.29 is 13.0 Å². The van der Waals surface area contributed by atoms with Crippen LogP contribution in [0.25, 0.3) is 0 Å². The Kier molecular flexibility index (Phi) is 5.89. The lowest BCUT2D eigenvalue weighted by molar-refractivity contribution is 0.349. The van der Waals surface area contributed by atoms with Gasteiger partial charge in [-0.1, -0.05) is 32.1 Å². The number of hydrogen-bond acceptors (Lipinski definition) is 3. The molecule has 0 heterocycles. The largest absolute Gasteiger partial charge is 0.310 e. The Morgan fingerprint density at radius 3 is 2.00 bits per heavy atom. The molecule has 1 rings (SSSR count). The highest BCUT2D eigenvalue weighted by atomic mass is 32.2. The second kappa shape index (κ2) is 6.71. The van der Waals surface area contributed by atoms with Crippen LogP contribution in [-0.2, 0) is 10.1 Å². The second-order valence-electron chi connectivity index (χ2n) is 5.22. The molecule has 0 aromatic rings. The summed E-state index contributed by atoms with van der Waals surface area (Å²) in [6.45, 7) is 3.38. The summed E-state index contributed by atoms with van der Waals surface area (Å²) in [5.41, 5.74) is 0. The lowest BCUT2D eigenvalue weighted by Gasteiger charge is -2.27.